The van der Waals surface area contributed by atoms with Crippen molar-refractivity contribution in [1.82, 2.24) is 19.9 Å². The molecule has 2 aromatic rings. The summed E-state index contributed by atoms with van der Waals surface area (Å²) in [5.74, 6) is 1.83. The van der Waals surface area contributed by atoms with Gasteiger partial charge in [0.25, 0.3) is 0 Å². The fourth-order valence-electron chi connectivity index (χ4n) is 1.35. The molecule has 2 N–H and O–H groups in total. The van der Waals surface area contributed by atoms with Crippen LogP contribution < -0.4 is 0 Å². The Kier molecular flexibility index (Phi) is 2.33. The molecule has 0 fully saturated rings. The number of nitrogens with zero attached hydrogens (tertiary/aromatic N) is 2. The summed E-state index contributed by atoms with van der Waals surface area (Å²) < 4.78 is 0.600. The van der Waals surface area contributed by atoms with Crippen LogP contribution in [0.1, 0.15) is 25.5 Å². The van der Waals surface area contributed by atoms with Crippen LogP contribution in [0.2, 0.25) is 0 Å². The fraction of sp³-hybridized carbons (Fsp3) is 0.444. The van der Waals surface area contributed by atoms with Crippen LogP contribution in [0, 0.1) is 4.64 Å². The number of hydrogen-bond acceptors (Lipinski definition) is 3. The van der Waals surface area contributed by atoms with Crippen molar-refractivity contribution in [2.75, 3.05) is 0 Å². The average Bonchev–Trinajstić information content (AvgIpc) is 2.61. The molecule has 0 unspecified atom stereocenters. The van der Waals surface area contributed by atoms with E-state index in [1.165, 1.54) is 0 Å². The molecule has 2 rings (SSSR count). The molecule has 0 aliphatic carbocycles. The van der Waals surface area contributed by atoms with Gasteiger partial charge < -0.3 is 9.97 Å². The number of aromatic amines is 2. The fourth-order valence-corrected chi connectivity index (χ4v) is 1.60. The van der Waals surface area contributed by atoms with E-state index in [1.54, 1.807) is 0 Å². The molecular weight excluding hydrogens is 196 g/mol. The van der Waals surface area contributed by atoms with E-state index in [0.29, 0.717) is 4.64 Å². The SMILES string of the molecule is CCc1nc(=S)c2[nH]c(CC)nc2[nH]1. The van der Waals surface area contributed by atoms with Gasteiger partial charge in [0, 0.05) is 12.8 Å². The van der Waals surface area contributed by atoms with Gasteiger partial charge in [0.2, 0.25) is 0 Å². The largest absolute Gasteiger partial charge is 0.338 e. The molecule has 5 heteroatoms. The van der Waals surface area contributed by atoms with E-state index in [9.17, 15) is 0 Å². The molecule has 14 heavy (non-hydrogen) atoms. The van der Waals surface area contributed by atoms with E-state index in [2.05, 4.69) is 26.9 Å². The molecule has 74 valence electrons. The third-order valence-corrected chi connectivity index (χ3v) is 2.43. The molecule has 0 saturated heterocycles. The molecule has 0 bridgehead atoms. The zero-order valence-corrected chi connectivity index (χ0v) is 9.03. The summed E-state index contributed by atoms with van der Waals surface area (Å²) in [5, 5.41) is 0. The van der Waals surface area contributed by atoms with E-state index in [1.807, 2.05) is 6.92 Å². The quantitative estimate of drug-likeness (QED) is 0.743. The van der Waals surface area contributed by atoms with Crippen molar-refractivity contribution in [2.45, 2.75) is 26.7 Å². The summed E-state index contributed by atoms with van der Waals surface area (Å²) in [5.41, 5.74) is 1.66. The van der Waals surface area contributed by atoms with Gasteiger partial charge in [-0.1, -0.05) is 26.1 Å². The van der Waals surface area contributed by atoms with Gasteiger partial charge in [0.1, 0.15) is 17.2 Å². The van der Waals surface area contributed by atoms with E-state index >= 15 is 0 Å². The van der Waals surface area contributed by atoms with Crippen LogP contribution in [0.25, 0.3) is 11.2 Å². The van der Waals surface area contributed by atoms with Gasteiger partial charge in [-0.05, 0) is 0 Å². The third kappa shape index (κ3) is 1.43. The smallest absolute Gasteiger partial charge is 0.160 e. The number of aromatic nitrogens is 4. The van der Waals surface area contributed by atoms with Crippen LogP contribution in [-0.2, 0) is 12.8 Å². The summed E-state index contributed by atoms with van der Waals surface area (Å²) in [6.45, 7) is 4.09. The average molecular weight is 208 g/mol. The molecule has 0 amide bonds. The first-order chi connectivity index (χ1) is 6.74. The Morgan fingerprint density at radius 1 is 1.07 bits per heavy atom. The van der Waals surface area contributed by atoms with Gasteiger partial charge >= 0.3 is 0 Å². The van der Waals surface area contributed by atoms with Gasteiger partial charge in [-0.3, -0.25) is 0 Å². The molecule has 0 aliphatic rings. The molecule has 0 radical (unpaired) electrons. The van der Waals surface area contributed by atoms with Crippen molar-refractivity contribution >= 4 is 23.4 Å². The van der Waals surface area contributed by atoms with Crippen molar-refractivity contribution in [3.8, 4) is 0 Å². The first-order valence-corrected chi connectivity index (χ1v) is 5.13. The molecule has 2 aromatic heterocycles. The van der Waals surface area contributed by atoms with E-state index < -0.39 is 0 Å². The summed E-state index contributed by atoms with van der Waals surface area (Å²) >= 11 is 5.17. The van der Waals surface area contributed by atoms with Crippen LogP contribution in [-0.4, -0.2) is 19.9 Å². The van der Waals surface area contributed by atoms with Gasteiger partial charge in [0.05, 0.1) is 0 Å². The maximum absolute atomic E-state index is 5.17. The summed E-state index contributed by atoms with van der Waals surface area (Å²) in [6.07, 6.45) is 1.71. The van der Waals surface area contributed by atoms with Crippen LogP contribution in [0.15, 0.2) is 0 Å². The first kappa shape index (κ1) is 9.33. The summed E-state index contributed by atoms with van der Waals surface area (Å²) in [7, 11) is 0. The lowest BCUT2D eigenvalue weighted by Crippen LogP contribution is -1.93. The molecule has 2 heterocycles. The minimum Gasteiger partial charge on any atom is -0.338 e. The molecule has 0 aromatic carbocycles. The third-order valence-electron chi connectivity index (χ3n) is 2.14. The van der Waals surface area contributed by atoms with Crippen LogP contribution >= 0.6 is 12.2 Å². The minimum absolute atomic E-state index is 0.600. The normalized spacial score (nSPS) is 11.0. The first-order valence-electron chi connectivity index (χ1n) is 4.72. The van der Waals surface area contributed by atoms with E-state index in [0.717, 1.165) is 35.7 Å². The lowest BCUT2D eigenvalue weighted by Gasteiger charge is -1.95. The minimum atomic E-state index is 0.600. The molecule has 0 spiro atoms. The second-order valence-corrected chi connectivity index (χ2v) is 3.49. The number of rotatable bonds is 2. The second kappa shape index (κ2) is 3.49. The highest BCUT2D eigenvalue weighted by Crippen LogP contribution is 2.10. The van der Waals surface area contributed by atoms with Gasteiger partial charge in [0.15, 0.2) is 10.3 Å². The number of nitrogens with one attached hydrogen (secondary N) is 2. The summed E-state index contributed by atoms with van der Waals surface area (Å²) in [4.78, 5) is 14.9. The molecule has 0 aliphatic heterocycles. The standard InChI is InChI=1S/C9H12N4S/c1-3-5-10-7-8(11-5)12-6(4-2)13-9(7)14/h3-4H2,1-2H3,(H2,10,11,12,13,14). The lowest BCUT2D eigenvalue weighted by atomic mass is 10.4. The number of imidazole rings is 1. The maximum Gasteiger partial charge on any atom is 0.160 e. The van der Waals surface area contributed by atoms with Crippen molar-refractivity contribution in [1.29, 1.82) is 0 Å². The van der Waals surface area contributed by atoms with E-state index in [-0.39, 0.29) is 0 Å². The predicted octanol–water partition coefficient (Wildman–Crippen LogP) is 2.14. The van der Waals surface area contributed by atoms with Crippen molar-refractivity contribution in [3.05, 3.63) is 16.3 Å². The number of hydrogen-bond donors (Lipinski definition) is 2. The predicted molar refractivity (Wildman–Crippen MR) is 57.8 cm³/mol. The van der Waals surface area contributed by atoms with Gasteiger partial charge in [-0.15, -0.1) is 0 Å². The molecule has 4 nitrogen and oxygen atoms in total. The van der Waals surface area contributed by atoms with Crippen molar-refractivity contribution in [3.63, 3.8) is 0 Å². The zero-order chi connectivity index (χ0) is 10.1. The molecule has 0 atom stereocenters. The molecule has 0 saturated carbocycles. The molecular formula is C9H12N4S. The maximum atomic E-state index is 5.17. The monoisotopic (exact) mass is 208 g/mol. The zero-order valence-electron chi connectivity index (χ0n) is 8.22. The highest BCUT2D eigenvalue weighted by molar-refractivity contribution is 7.71. The highest BCUT2D eigenvalue weighted by atomic mass is 32.1. The van der Waals surface area contributed by atoms with E-state index in [4.69, 9.17) is 12.2 Å². The summed E-state index contributed by atoms with van der Waals surface area (Å²) in [6, 6.07) is 0. The van der Waals surface area contributed by atoms with Crippen molar-refractivity contribution < 1.29 is 0 Å². The second-order valence-electron chi connectivity index (χ2n) is 3.10. The Balaban J connectivity index is 2.73. The number of fused-ring (bicyclic) bond motifs is 1. The van der Waals surface area contributed by atoms with Crippen LogP contribution in [0.4, 0.5) is 0 Å². The van der Waals surface area contributed by atoms with Gasteiger partial charge in [-0.25, -0.2) is 9.97 Å². The number of aryl methyl sites for hydroxylation is 2. The Morgan fingerprint density at radius 3 is 2.36 bits per heavy atom. The Labute approximate surface area is 86.8 Å². The Hall–Kier alpha value is -1.23. The Morgan fingerprint density at radius 2 is 1.71 bits per heavy atom. The lowest BCUT2D eigenvalue weighted by molar-refractivity contribution is 0.947. The van der Waals surface area contributed by atoms with Crippen LogP contribution in [0.3, 0.4) is 0 Å². The van der Waals surface area contributed by atoms with Crippen molar-refractivity contribution in [2.24, 2.45) is 0 Å². The van der Waals surface area contributed by atoms with Crippen LogP contribution in [0.5, 0.6) is 0 Å². The topological polar surface area (TPSA) is 57.4 Å². The Bertz CT molecular complexity index is 511. The van der Waals surface area contributed by atoms with Gasteiger partial charge in [-0.2, -0.15) is 0 Å². The highest BCUT2D eigenvalue weighted by Gasteiger charge is 2.04. The number of H-pyrrole nitrogens is 2.